The molecule has 0 bridgehead atoms. The zero-order valence-corrected chi connectivity index (χ0v) is 11.3. The molecule has 1 aliphatic heterocycles. The lowest BCUT2D eigenvalue weighted by atomic mass is 10.4. The van der Waals surface area contributed by atoms with Crippen LogP contribution < -0.4 is 4.90 Å². The Morgan fingerprint density at radius 3 is 2.78 bits per heavy atom. The molecule has 1 aromatic heterocycles. The first-order valence-electron chi connectivity index (χ1n) is 5.48. The third kappa shape index (κ3) is 2.66. The minimum atomic E-state index is -4.69. The number of carbonyl (C=O) groups excluding carboxylic acids is 1. The number of halogens is 1. The molecule has 1 saturated heterocycles. The zero-order valence-electron chi connectivity index (χ0n) is 9.67. The second-order valence-corrected chi connectivity index (χ2v) is 6.69. The monoisotopic (exact) mass is 293 g/mol. The van der Waals surface area contributed by atoms with Crippen LogP contribution in [-0.4, -0.2) is 36.3 Å². The summed E-state index contributed by atoms with van der Waals surface area (Å²) < 4.78 is 34.4. The number of hydrogen-bond donors (Lipinski definition) is 0. The lowest BCUT2D eigenvalue weighted by Gasteiger charge is -2.10. The second-order valence-electron chi connectivity index (χ2n) is 4.03. The summed E-state index contributed by atoms with van der Waals surface area (Å²) in [6, 6.07) is 0. The summed E-state index contributed by atoms with van der Waals surface area (Å²) in [6.45, 7) is 1.81. The molecule has 18 heavy (non-hydrogen) atoms. The van der Waals surface area contributed by atoms with Crippen molar-refractivity contribution >= 4 is 32.6 Å². The number of aromatic nitrogens is 2. The van der Waals surface area contributed by atoms with Gasteiger partial charge in [0.25, 0.3) is 0 Å². The van der Waals surface area contributed by atoms with Crippen molar-refractivity contribution in [3.8, 4) is 0 Å². The third-order valence-electron chi connectivity index (χ3n) is 2.64. The molecule has 1 aliphatic rings. The molecule has 0 spiro atoms. The van der Waals surface area contributed by atoms with E-state index in [4.69, 9.17) is 0 Å². The average molecular weight is 293 g/mol. The van der Waals surface area contributed by atoms with Crippen LogP contribution >= 0.6 is 11.3 Å². The van der Waals surface area contributed by atoms with Gasteiger partial charge in [0.1, 0.15) is 10.3 Å². The van der Waals surface area contributed by atoms with Crippen LogP contribution in [0.1, 0.15) is 24.8 Å². The Morgan fingerprint density at radius 2 is 2.22 bits per heavy atom. The SMILES string of the molecule is CCCc1nnc(N2CC(S(=O)(=O)F)CC2=O)s1. The maximum absolute atomic E-state index is 12.8. The normalized spacial score (nSPS) is 20.7. The molecule has 2 rings (SSSR count). The Labute approximate surface area is 108 Å². The predicted molar refractivity (Wildman–Crippen MR) is 64.7 cm³/mol. The molecule has 2 heterocycles. The predicted octanol–water partition coefficient (Wildman–Crippen LogP) is 0.895. The Balaban J connectivity index is 2.16. The third-order valence-corrected chi connectivity index (χ3v) is 4.76. The van der Waals surface area contributed by atoms with Gasteiger partial charge < -0.3 is 0 Å². The topological polar surface area (TPSA) is 80.2 Å². The highest BCUT2D eigenvalue weighted by atomic mass is 32.3. The smallest absolute Gasteiger partial charge is 0.285 e. The summed E-state index contributed by atoms with van der Waals surface area (Å²) in [7, 11) is -4.69. The van der Waals surface area contributed by atoms with E-state index in [0.717, 1.165) is 17.8 Å². The van der Waals surface area contributed by atoms with E-state index in [-0.39, 0.29) is 13.0 Å². The number of carbonyl (C=O) groups is 1. The molecule has 100 valence electrons. The van der Waals surface area contributed by atoms with Crippen molar-refractivity contribution in [1.29, 1.82) is 0 Å². The number of amides is 1. The van der Waals surface area contributed by atoms with E-state index in [9.17, 15) is 17.1 Å². The molecule has 0 N–H and O–H groups in total. The maximum atomic E-state index is 12.8. The Bertz CT molecular complexity index is 557. The first-order chi connectivity index (χ1) is 8.41. The molecule has 1 atom stereocenters. The summed E-state index contributed by atoms with van der Waals surface area (Å²) in [4.78, 5) is 12.8. The molecule has 1 amide bonds. The van der Waals surface area contributed by atoms with Crippen LogP contribution in [0.2, 0.25) is 0 Å². The summed E-state index contributed by atoms with van der Waals surface area (Å²) in [5.74, 6) is -0.430. The number of nitrogens with zero attached hydrogens (tertiary/aromatic N) is 3. The minimum absolute atomic E-state index is 0.182. The summed E-state index contributed by atoms with van der Waals surface area (Å²) in [6.07, 6.45) is 1.33. The highest BCUT2D eigenvalue weighted by Crippen LogP contribution is 2.28. The van der Waals surface area contributed by atoms with Gasteiger partial charge in [-0.3, -0.25) is 9.69 Å². The van der Waals surface area contributed by atoms with Gasteiger partial charge in [-0.25, -0.2) is 0 Å². The highest BCUT2D eigenvalue weighted by molar-refractivity contribution is 7.87. The van der Waals surface area contributed by atoms with Crippen molar-refractivity contribution in [2.75, 3.05) is 11.4 Å². The summed E-state index contributed by atoms with van der Waals surface area (Å²) in [5, 5.41) is 7.58. The average Bonchev–Trinajstić information content (AvgIpc) is 2.84. The summed E-state index contributed by atoms with van der Waals surface area (Å²) in [5.41, 5.74) is 0. The van der Waals surface area contributed by atoms with Gasteiger partial charge in [0.2, 0.25) is 11.0 Å². The molecule has 6 nitrogen and oxygen atoms in total. The van der Waals surface area contributed by atoms with E-state index in [1.54, 1.807) is 0 Å². The fraction of sp³-hybridized carbons (Fsp3) is 0.667. The Kier molecular flexibility index (Phi) is 3.62. The van der Waals surface area contributed by atoms with Gasteiger partial charge in [-0.1, -0.05) is 18.3 Å². The Morgan fingerprint density at radius 1 is 1.50 bits per heavy atom. The van der Waals surface area contributed by atoms with Crippen LogP contribution in [0.5, 0.6) is 0 Å². The number of anilines is 1. The fourth-order valence-corrected chi connectivity index (χ4v) is 3.35. The van der Waals surface area contributed by atoms with Crippen LogP contribution in [0, 0.1) is 0 Å². The zero-order chi connectivity index (χ0) is 13.3. The van der Waals surface area contributed by atoms with E-state index >= 15 is 0 Å². The fourth-order valence-electron chi connectivity index (χ4n) is 1.72. The Hall–Kier alpha value is -1.09. The quantitative estimate of drug-likeness (QED) is 0.770. The van der Waals surface area contributed by atoms with Crippen molar-refractivity contribution in [1.82, 2.24) is 10.2 Å². The van der Waals surface area contributed by atoms with Gasteiger partial charge in [0.15, 0.2) is 0 Å². The number of rotatable bonds is 4. The molecule has 0 aliphatic carbocycles. The molecule has 1 fully saturated rings. The van der Waals surface area contributed by atoms with Gasteiger partial charge in [-0.2, -0.15) is 8.42 Å². The van der Waals surface area contributed by atoms with E-state index in [0.29, 0.717) is 5.13 Å². The molecule has 1 unspecified atom stereocenters. The molecule has 9 heteroatoms. The van der Waals surface area contributed by atoms with E-state index in [1.165, 1.54) is 16.2 Å². The summed E-state index contributed by atoms with van der Waals surface area (Å²) >= 11 is 1.24. The maximum Gasteiger partial charge on any atom is 0.307 e. The largest absolute Gasteiger partial charge is 0.307 e. The van der Waals surface area contributed by atoms with Crippen LogP contribution in [0.3, 0.4) is 0 Å². The highest BCUT2D eigenvalue weighted by Gasteiger charge is 2.40. The van der Waals surface area contributed by atoms with Gasteiger partial charge in [-0.15, -0.1) is 14.1 Å². The van der Waals surface area contributed by atoms with Gasteiger partial charge in [0.05, 0.1) is 0 Å². The van der Waals surface area contributed by atoms with Crippen molar-refractivity contribution < 1.29 is 17.1 Å². The van der Waals surface area contributed by atoms with Crippen LogP contribution in [0.25, 0.3) is 0 Å². The number of hydrogen-bond acceptors (Lipinski definition) is 6. The van der Waals surface area contributed by atoms with Gasteiger partial charge >= 0.3 is 10.2 Å². The van der Waals surface area contributed by atoms with E-state index in [1.807, 2.05) is 6.92 Å². The molecule has 1 aromatic rings. The van der Waals surface area contributed by atoms with Crippen LogP contribution in [0.15, 0.2) is 0 Å². The van der Waals surface area contributed by atoms with Crippen molar-refractivity contribution in [2.24, 2.45) is 0 Å². The van der Waals surface area contributed by atoms with Crippen molar-refractivity contribution in [3.05, 3.63) is 5.01 Å². The molecule has 0 aromatic carbocycles. The van der Waals surface area contributed by atoms with Crippen molar-refractivity contribution in [3.63, 3.8) is 0 Å². The first-order valence-corrected chi connectivity index (χ1v) is 7.74. The molecular weight excluding hydrogens is 281 g/mol. The molecule has 0 saturated carbocycles. The molecule has 0 radical (unpaired) electrons. The number of aryl methyl sites for hydroxylation is 1. The van der Waals surface area contributed by atoms with Gasteiger partial charge in [0, 0.05) is 19.4 Å². The standard InChI is InChI=1S/C9H12FN3O3S2/c1-2-3-7-11-12-9(17-7)13-5-6(4-8(13)14)18(10,15)16/h6H,2-5H2,1H3. The van der Waals surface area contributed by atoms with Crippen LogP contribution in [0.4, 0.5) is 9.02 Å². The minimum Gasteiger partial charge on any atom is -0.285 e. The van der Waals surface area contributed by atoms with Crippen LogP contribution in [-0.2, 0) is 21.4 Å². The first kappa shape index (κ1) is 13.3. The van der Waals surface area contributed by atoms with Gasteiger partial charge in [-0.05, 0) is 6.42 Å². The second kappa shape index (κ2) is 4.88. The lowest BCUT2D eigenvalue weighted by Crippen LogP contribution is -2.26. The van der Waals surface area contributed by atoms with E-state index < -0.39 is 21.4 Å². The van der Waals surface area contributed by atoms with Crippen molar-refractivity contribution in [2.45, 2.75) is 31.4 Å². The molecular formula is C9H12FN3O3S2. The van der Waals surface area contributed by atoms with E-state index in [2.05, 4.69) is 10.2 Å². The lowest BCUT2D eigenvalue weighted by molar-refractivity contribution is -0.117.